The number of hydrogen-bond donors (Lipinski definition) is 10. The molecule has 55 heteroatoms. The lowest BCUT2D eigenvalue weighted by Crippen LogP contribution is -2.52. The Kier molecular flexibility index (Phi) is 22.5. The summed E-state index contributed by atoms with van der Waals surface area (Å²) in [6, 6.07) is 8.70. The SMILES string of the molecule is CC[C@H]1O[C@@H](n2cc(C)c(N)nc2=O)C[C@H]1OP(O)(=S)OC[C@H]1O[C@@H](n2cnc3c(N)ncnc32)C[C@H]1OP(=O)(S)OC[C@]12O[C@@H](n3cnc4c(=O)[nH]c(N)nc43)C(O[C@H]1C)[C@H]2OP(=O)(O)OC[C@]12O[C@@H](n3cc(C)c(=O)[nH]c3=O)C(O[C@H]1C)[C@H]2OP(O)(=S)OC[C@]12O[C@@H](n3cnc4c(=O)[nH]c(C)nc43)C(O[C@H]1C)[C@H]2OC(=O)OCc1ccccc1. The summed E-state index contributed by atoms with van der Waals surface area (Å²) < 4.78 is 150. The number of benzene rings is 1. The van der Waals surface area contributed by atoms with Crippen molar-refractivity contribution in [1.82, 2.24) is 77.7 Å². The second-order valence-electron chi connectivity index (χ2n) is 30.0. The number of nitrogens with one attached hydrogen (secondary N) is 3. The molecule has 25 atom stereocenters. The number of phosphoric acid groups is 1. The minimum Gasteiger partial charge on any atom is -0.429 e. The first kappa shape index (κ1) is 85.2. The molecule has 8 aliphatic heterocycles. The first-order valence-electron chi connectivity index (χ1n) is 37.4. The Labute approximate surface area is 695 Å². The standard InChI is InChI=1S/C66H79N19O29P4S3/c1-8-34-35(14-38(105-34)81-16-27(2)49(67)77-61(81)89)111-116(94,119)98-19-37-36(15-39(106-37)83-24-72-40-50(68)70-23-71-51(40)83)112-117(95,120)100-22-66-31(6)103-44(59(110-66)85-26-74-42-53(85)78-60(69)79-56(42)88)47(66)113-115(92,93)99-20-65-30(5)104-45(57(108-65)82-17-28(3)54(86)80-62(82)90)48(65)114-118(96,121)101-21-64-29(4)102-43(46(64)107-63(91)97-18-33-12-10-9-11-13-33)58(109-64)84-25-73-41-52(84)75-32(7)76-55(41)87/h9-13,16-17,23-26,29-31,34-39,43-48,57-59H,8,14-15,18-22H2,1-7H3,(H,92,93)(H,94,119)(H,95,120)(H,96,121)(H2,67,77,89)(H2,68,70,71)(H,75,76,87)(H,80,86,90)(H3,69,78,79,88)/t29-,30-,31-,34+,35+,36+,37+,38+,39+,43?,44?,45?,46+,47+,48+,57+,58+,59+,64-,65-,66-,116?,117?,118?/m0/s1. The smallest absolute Gasteiger partial charge is 0.429 e. The average molecular weight is 1820 g/mol. The van der Waals surface area contributed by atoms with Crippen LogP contribution in [0.15, 0.2) is 92.0 Å². The second kappa shape index (κ2) is 31.9. The topological polar surface area (TPSA) is 617 Å². The van der Waals surface area contributed by atoms with Crippen LogP contribution >= 0.6 is 40.3 Å². The predicted molar refractivity (Wildman–Crippen MR) is 422 cm³/mol. The summed E-state index contributed by atoms with van der Waals surface area (Å²) in [7, 11) is -5.76. The van der Waals surface area contributed by atoms with E-state index in [1.807, 2.05) is 0 Å². The number of ether oxygens (including phenoxy) is 10. The van der Waals surface area contributed by atoms with Crippen molar-refractivity contribution in [2.45, 2.75) is 202 Å². The molecule has 8 aromatic heterocycles. The lowest BCUT2D eigenvalue weighted by atomic mass is 9.94. The third-order valence-electron chi connectivity index (χ3n) is 22.5. The third-order valence-corrected chi connectivity index (χ3v) is 28.2. The number of anilines is 3. The molecule has 12 N–H and O–H groups in total. The normalized spacial score (nSPS) is 33.0. The van der Waals surface area contributed by atoms with E-state index in [1.54, 1.807) is 58.0 Å². The summed E-state index contributed by atoms with van der Waals surface area (Å²) in [5.41, 5.74) is 9.07. The molecule has 0 saturated carbocycles. The molecule has 1 aromatic carbocycles. The number of fused-ring (bicyclic) bond motifs is 9. The van der Waals surface area contributed by atoms with Gasteiger partial charge >= 0.3 is 45.6 Å². The van der Waals surface area contributed by atoms with E-state index >= 15 is 9.13 Å². The average Bonchev–Trinajstić information content (AvgIpc) is 1.55. The van der Waals surface area contributed by atoms with Crippen molar-refractivity contribution in [2.24, 2.45) is 0 Å². The second-order valence-corrected chi connectivity index (χ2v) is 39.8. The van der Waals surface area contributed by atoms with Gasteiger partial charge in [0.2, 0.25) is 5.95 Å². The minimum atomic E-state index is -5.76. The maximum atomic E-state index is 15.4. The van der Waals surface area contributed by atoms with E-state index in [0.717, 1.165) is 17.1 Å². The van der Waals surface area contributed by atoms with Gasteiger partial charge in [-0.1, -0.05) is 49.5 Å². The van der Waals surface area contributed by atoms with Crippen LogP contribution in [0.3, 0.4) is 0 Å². The van der Waals surface area contributed by atoms with Crippen LogP contribution in [0.4, 0.5) is 22.4 Å². The summed E-state index contributed by atoms with van der Waals surface area (Å²) in [4.78, 5) is 158. The van der Waals surface area contributed by atoms with Crippen LogP contribution < -0.4 is 45.3 Å². The van der Waals surface area contributed by atoms with Gasteiger partial charge in [-0.3, -0.25) is 69.8 Å². The van der Waals surface area contributed by atoms with E-state index < -0.39 is 216 Å². The molecule has 6 bridgehead atoms. The zero-order valence-corrected chi connectivity index (χ0v) is 70.6. The van der Waals surface area contributed by atoms with Gasteiger partial charge in [-0.15, -0.1) is 0 Å². The van der Waals surface area contributed by atoms with Crippen molar-refractivity contribution in [3.05, 3.63) is 143 Å². The summed E-state index contributed by atoms with van der Waals surface area (Å²) in [6.07, 6.45) is -17.0. The van der Waals surface area contributed by atoms with Gasteiger partial charge in [0.15, 0.2) is 64.2 Å². The highest BCUT2D eigenvalue weighted by Gasteiger charge is 2.73. The van der Waals surface area contributed by atoms with Crippen LogP contribution in [0.25, 0.3) is 33.5 Å². The molecule has 0 aliphatic carbocycles. The fourth-order valence-electron chi connectivity index (χ4n) is 16.4. The van der Waals surface area contributed by atoms with Crippen molar-refractivity contribution in [1.29, 1.82) is 0 Å². The van der Waals surface area contributed by atoms with E-state index in [-0.39, 0.29) is 81.9 Å². The van der Waals surface area contributed by atoms with Gasteiger partial charge < -0.3 is 97.8 Å². The molecule has 17 rings (SSSR count). The first-order valence-corrected chi connectivity index (χ1v) is 46.8. The monoisotopic (exact) mass is 1820 g/mol. The number of carbonyl (C=O) groups excluding carboxylic acids is 1. The predicted octanol–water partition coefficient (Wildman–Crippen LogP) is 2.62. The number of aromatic amines is 3. The van der Waals surface area contributed by atoms with Crippen LogP contribution in [-0.4, -0.2) is 221 Å². The Morgan fingerprint density at radius 1 is 0.587 bits per heavy atom. The van der Waals surface area contributed by atoms with E-state index in [0.29, 0.717) is 17.5 Å². The number of aryl methyl sites for hydroxylation is 3. The highest BCUT2D eigenvalue weighted by molar-refractivity contribution is 8.44. The number of carbonyl (C=O) groups is 1. The molecule has 8 aliphatic rings. The Balaban J connectivity index is 0.643. The summed E-state index contributed by atoms with van der Waals surface area (Å²) >= 11 is 15.8. The molecule has 8 fully saturated rings. The minimum absolute atomic E-state index is 0.0120. The molecule has 0 amide bonds. The molecule has 650 valence electrons. The summed E-state index contributed by atoms with van der Waals surface area (Å²) in [5.74, 6) is -0.0691. The summed E-state index contributed by atoms with van der Waals surface area (Å²) in [5, 5.41) is 0. The van der Waals surface area contributed by atoms with Crippen molar-refractivity contribution >= 4 is 121 Å². The van der Waals surface area contributed by atoms with Gasteiger partial charge in [-0.2, -0.15) is 9.97 Å². The van der Waals surface area contributed by atoms with E-state index in [2.05, 4.69) is 67.1 Å². The van der Waals surface area contributed by atoms with Crippen molar-refractivity contribution < 1.29 is 112 Å². The number of nitrogens with two attached hydrogens (primary N) is 3. The maximum Gasteiger partial charge on any atom is 0.509 e. The van der Waals surface area contributed by atoms with Gasteiger partial charge in [0.05, 0.1) is 75.9 Å². The highest BCUT2D eigenvalue weighted by Crippen LogP contribution is 2.64. The molecule has 8 saturated heterocycles. The van der Waals surface area contributed by atoms with Crippen LogP contribution in [0, 0.1) is 20.8 Å². The van der Waals surface area contributed by atoms with Crippen LogP contribution in [0.1, 0.15) is 101 Å². The number of phosphoric ester groups is 1. The Morgan fingerprint density at radius 3 is 1.79 bits per heavy atom. The number of nitrogens with zero attached hydrogens (tertiary/aromatic N) is 13. The fraction of sp³-hybridized carbons (Fsp3) is 0.545. The van der Waals surface area contributed by atoms with Crippen LogP contribution in [0.5, 0.6) is 0 Å². The van der Waals surface area contributed by atoms with Crippen molar-refractivity contribution in [3.8, 4) is 0 Å². The highest BCUT2D eigenvalue weighted by atomic mass is 32.7. The number of thiol groups is 1. The Hall–Kier alpha value is -7.95. The molecular weight excluding hydrogens is 1740 g/mol. The van der Waals surface area contributed by atoms with E-state index in [9.17, 15) is 43.4 Å². The van der Waals surface area contributed by atoms with Crippen LogP contribution in [-0.2, 0) is 123 Å². The third kappa shape index (κ3) is 15.7. The lowest BCUT2D eigenvalue weighted by Gasteiger charge is -2.38. The quantitative estimate of drug-likeness (QED) is 0.0183. The molecule has 9 aromatic rings. The van der Waals surface area contributed by atoms with Gasteiger partial charge in [-0.25, -0.2) is 53.4 Å². The van der Waals surface area contributed by atoms with Gasteiger partial charge in [-0.05, 0) is 77.1 Å². The van der Waals surface area contributed by atoms with Gasteiger partial charge in [0.1, 0.15) is 96.5 Å². The van der Waals surface area contributed by atoms with Crippen molar-refractivity contribution in [2.75, 3.05) is 43.6 Å². The molecule has 0 radical (unpaired) electrons. The number of nitrogen functional groups attached to an aromatic ring is 3. The molecule has 0 spiro atoms. The van der Waals surface area contributed by atoms with Gasteiger partial charge in [0.25, 0.3) is 16.7 Å². The Bertz CT molecular complexity index is 6110. The largest absolute Gasteiger partial charge is 0.509 e. The molecular formula is C66H79N19O29P4S3. The van der Waals surface area contributed by atoms with E-state index in [4.69, 9.17) is 124 Å². The molecule has 7 unspecified atom stereocenters. The number of hydrogen-bond acceptors (Lipinski definition) is 39. The van der Waals surface area contributed by atoms with Crippen molar-refractivity contribution in [3.63, 3.8) is 0 Å². The number of imidazole rings is 3. The fourth-order valence-corrected chi connectivity index (χ4v) is 21.9. The van der Waals surface area contributed by atoms with Gasteiger partial charge in [0, 0.05) is 36.4 Å². The first-order chi connectivity index (χ1) is 57.4. The molecule has 121 heavy (non-hydrogen) atoms. The molecule has 16 heterocycles. The number of rotatable bonds is 29. The number of H-pyrrole nitrogens is 3. The zero-order chi connectivity index (χ0) is 85.7. The Morgan fingerprint density at radius 2 is 1.13 bits per heavy atom. The maximum absolute atomic E-state index is 15.4. The zero-order valence-electron chi connectivity index (χ0n) is 64.5. The molecule has 48 nitrogen and oxygen atoms in total. The van der Waals surface area contributed by atoms with E-state index in [1.165, 1.54) is 64.2 Å². The summed E-state index contributed by atoms with van der Waals surface area (Å²) in [6.45, 7) is -6.88. The van der Waals surface area contributed by atoms with Crippen LogP contribution in [0.2, 0.25) is 0 Å². The lowest BCUT2D eigenvalue weighted by molar-refractivity contribution is -0.219. The number of aromatic nitrogens is 16.